The minimum Gasteiger partial charge on any atom is -0.462 e. The van der Waals surface area contributed by atoms with Gasteiger partial charge in [-0.15, -0.1) is 0 Å². The van der Waals surface area contributed by atoms with Gasteiger partial charge >= 0.3 is 5.97 Å². The van der Waals surface area contributed by atoms with Crippen molar-refractivity contribution < 1.29 is 14.3 Å². The molecule has 0 aliphatic carbocycles. The molecule has 0 saturated heterocycles. The van der Waals surface area contributed by atoms with Gasteiger partial charge in [-0.25, -0.2) is 14.8 Å². The van der Waals surface area contributed by atoms with Gasteiger partial charge in [0.2, 0.25) is 5.91 Å². The molecule has 0 aromatic carbocycles. The van der Waals surface area contributed by atoms with Crippen LogP contribution in [0.15, 0.2) is 11.4 Å². The molecule has 0 aliphatic heterocycles. The number of nitrogens with one attached hydrogen (secondary N) is 1. The van der Waals surface area contributed by atoms with Crippen LogP contribution < -0.4 is 11.1 Å². The van der Waals surface area contributed by atoms with Gasteiger partial charge in [0.15, 0.2) is 5.16 Å². The molecule has 0 aliphatic rings. The Balaban J connectivity index is 2.07. The molecule has 0 saturated carbocycles. The van der Waals surface area contributed by atoms with Crippen LogP contribution in [0, 0.1) is 13.8 Å². The number of anilines is 2. The molecule has 0 bridgehead atoms. The Hall–Kier alpha value is -2.62. The zero-order chi connectivity index (χ0) is 19.4. The molecule has 140 valence electrons. The summed E-state index contributed by atoms with van der Waals surface area (Å²) < 4.78 is 6.59. The zero-order valence-corrected chi connectivity index (χ0v) is 16.2. The van der Waals surface area contributed by atoms with E-state index in [2.05, 4.69) is 20.4 Å². The molecule has 0 spiro atoms. The third-order valence-electron chi connectivity index (χ3n) is 3.70. The fourth-order valence-electron chi connectivity index (χ4n) is 2.19. The molecule has 3 N–H and O–H groups in total. The number of carbonyl (C=O) groups excluding carboxylic acids is 2. The minimum absolute atomic E-state index is 0.0208. The quantitative estimate of drug-likeness (QED) is 0.442. The van der Waals surface area contributed by atoms with Crippen LogP contribution in [0.1, 0.15) is 35.6 Å². The number of hydrogen-bond acceptors (Lipinski definition) is 8. The Morgan fingerprint density at radius 1 is 1.42 bits per heavy atom. The number of nitrogens with two attached hydrogens (primary N) is 1. The summed E-state index contributed by atoms with van der Waals surface area (Å²) >= 11 is 1.14. The summed E-state index contributed by atoms with van der Waals surface area (Å²) in [6, 6.07) is 0. The van der Waals surface area contributed by atoms with E-state index in [4.69, 9.17) is 10.5 Å². The lowest BCUT2D eigenvalue weighted by atomic mass is 10.3. The number of thioether (sulfide) groups is 1. The fraction of sp³-hybridized carbons (Fsp3) is 0.438. The Morgan fingerprint density at radius 2 is 2.12 bits per heavy atom. The zero-order valence-electron chi connectivity index (χ0n) is 15.4. The highest BCUT2D eigenvalue weighted by molar-refractivity contribution is 8.00. The third-order valence-corrected chi connectivity index (χ3v) is 4.68. The van der Waals surface area contributed by atoms with E-state index in [0.717, 1.165) is 23.1 Å². The fourth-order valence-corrected chi connectivity index (χ4v) is 2.94. The van der Waals surface area contributed by atoms with Crippen molar-refractivity contribution in [2.24, 2.45) is 7.05 Å². The number of nitrogens with zero attached hydrogens (tertiary/aromatic N) is 4. The van der Waals surface area contributed by atoms with Crippen LogP contribution in [-0.4, -0.2) is 43.5 Å². The highest BCUT2D eigenvalue weighted by Gasteiger charge is 2.21. The largest absolute Gasteiger partial charge is 0.462 e. The molecule has 10 heteroatoms. The molecule has 1 atom stereocenters. The van der Waals surface area contributed by atoms with Crippen LogP contribution in [0.4, 0.5) is 11.5 Å². The van der Waals surface area contributed by atoms with E-state index in [9.17, 15) is 9.59 Å². The number of amides is 1. The lowest BCUT2D eigenvalue weighted by Gasteiger charge is -2.12. The van der Waals surface area contributed by atoms with E-state index in [1.807, 2.05) is 20.9 Å². The van der Waals surface area contributed by atoms with Crippen LogP contribution in [0.2, 0.25) is 0 Å². The highest BCUT2D eigenvalue weighted by Crippen LogP contribution is 2.24. The van der Waals surface area contributed by atoms with Crippen molar-refractivity contribution in [2.45, 2.75) is 38.1 Å². The number of aromatic nitrogens is 4. The number of esters is 1. The van der Waals surface area contributed by atoms with E-state index in [1.165, 1.54) is 6.20 Å². The molecule has 2 rings (SSSR count). The van der Waals surface area contributed by atoms with Crippen molar-refractivity contribution in [3.8, 4) is 0 Å². The van der Waals surface area contributed by atoms with E-state index in [-0.39, 0.29) is 23.9 Å². The van der Waals surface area contributed by atoms with E-state index < -0.39 is 11.2 Å². The van der Waals surface area contributed by atoms with Crippen LogP contribution >= 0.6 is 11.8 Å². The van der Waals surface area contributed by atoms with E-state index >= 15 is 0 Å². The maximum absolute atomic E-state index is 12.4. The minimum atomic E-state index is -0.574. The number of nitrogen functional groups attached to an aromatic ring is 1. The summed E-state index contributed by atoms with van der Waals surface area (Å²) in [5.41, 5.74) is 8.21. The summed E-state index contributed by atoms with van der Waals surface area (Å²) in [5, 5.41) is 6.98. The molecule has 0 fully saturated rings. The SMILES string of the molecule is CCOC(=O)c1cnc(SC(C)C(=O)Nc2c(C)nn(C)c2C)nc1N. The van der Waals surface area contributed by atoms with Crippen LogP contribution in [0.25, 0.3) is 0 Å². The second-order valence-electron chi connectivity index (χ2n) is 5.59. The standard InChI is InChI=1S/C16H22N6O3S/c1-6-25-15(24)11-7-18-16(20-13(11)17)26-10(4)14(23)19-12-8(2)21-22(5)9(12)3/h7,10H,6H2,1-5H3,(H,19,23)(H2,17,18,20). The first kappa shape index (κ1) is 19.7. The van der Waals surface area contributed by atoms with Crippen molar-refractivity contribution in [2.75, 3.05) is 17.7 Å². The number of rotatable bonds is 6. The van der Waals surface area contributed by atoms with E-state index in [1.54, 1.807) is 18.5 Å². The van der Waals surface area contributed by atoms with Gasteiger partial charge in [-0.2, -0.15) is 5.10 Å². The van der Waals surface area contributed by atoms with Crippen LogP contribution in [-0.2, 0) is 16.6 Å². The predicted molar refractivity (Wildman–Crippen MR) is 99.0 cm³/mol. The normalized spacial score (nSPS) is 11.9. The second-order valence-corrected chi connectivity index (χ2v) is 6.90. The van der Waals surface area contributed by atoms with Gasteiger partial charge < -0.3 is 15.8 Å². The highest BCUT2D eigenvalue weighted by atomic mass is 32.2. The summed E-state index contributed by atoms with van der Waals surface area (Å²) in [6.45, 7) is 7.38. The molecule has 9 nitrogen and oxygen atoms in total. The lowest BCUT2D eigenvalue weighted by molar-refractivity contribution is -0.115. The molecule has 1 unspecified atom stereocenters. The van der Waals surface area contributed by atoms with Crippen molar-refractivity contribution in [1.29, 1.82) is 0 Å². The first-order valence-corrected chi connectivity index (χ1v) is 8.89. The Bertz CT molecular complexity index is 836. The molecule has 0 radical (unpaired) electrons. The number of carbonyl (C=O) groups is 2. The number of hydrogen-bond donors (Lipinski definition) is 2. The third kappa shape index (κ3) is 4.31. The van der Waals surface area contributed by atoms with Gasteiger partial charge in [-0.1, -0.05) is 11.8 Å². The average molecular weight is 378 g/mol. The molecular formula is C16H22N6O3S. The van der Waals surface area contributed by atoms with Gasteiger partial charge in [-0.3, -0.25) is 9.48 Å². The van der Waals surface area contributed by atoms with Crippen LogP contribution in [0.5, 0.6) is 0 Å². The van der Waals surface area contributed by atoms with Gasteiger partial charge in [0.1, 0.15) is 11.4 Å². The van der Waals surface area contributed by atoms with E-state index in [0.29, 0.717) is 10.8 Å². The second kappa shape index (κ2) is 8.17. The van der Waals surface area contributed by atoms with Crippen molar-refractivity contribution in [3.05, 3.63) is 23.1 Å². The number of ether oxygens (including phenoxy) is 1. The predicted octanol–water partition coefficient (Wildman–Crippen LogP) is 1.71. The first-order chi connectivity index (χ1) is 12.2. The smallest absolute Gasteiger partial charge is 0.343 e. The summed E-state index contributed by atoms with van der Waals surface area (Å²) in [6.07, 6.45) is 1.31. The van der Waals surface area contributed by atoms with Crippen molar-refractivity contribution in [1.82, 2.24) is 19.7 Å². The molecule has 2 heterocycles. The molecule has 26 heavy (non-hydrogen) atoms. The monoisotopic (exact) mass is 378 g/mol. The summed E-state index contributed by atoms with van der Waals surface area (Å²) in [7, 11) is 1.82. The molecule has 2 aromatic rings. The first-order valence-electron chi connectivity index (χ1n) is 8.01. The topological polar surface area (TPSA) is 125 Å². The lowest BCUT2D eigenvalue weighted by Crippen LogP contribution is -2.23. The van der Waals surface area contributed by atoms with Gasteiger partial charge in [0.25, 0.3) is 0 Å². The van der Waals surface area contributed by atoms with Crippen LogP contribution in [0.3, 0.4) is 0 Å². The molecule has 1 amide bonds. The number of aryl methyl sites for hydroxylation is 2. The van der Waals surface area contributed by atoms with Gasteiger partial charge in [0, 0.05) is 13.2 Å². The molecular weight excluding hydrogens is 356 g/mol. The Kier molecular flexibility index (Phi) is 6.19. The average Bonchev–Trinajstić information content (AvgIpc) is 2.81. The molecule has 2 aromatic heterocycles. The van der Waals surface area contributed by atoms with Gasteiger partial charge in [0.05, 0.1) is 28.9 Å². The summed E-state index contributed by atoms with van der Waals surface area (Å²) in [5.74, 6) is -0.756. The van der Waals surface area contributed by atoms with Crippen molar-refractivity contribution in [3.63, 3.8) is 0 Å². The van der Waals surface area contributed by atoms with Crippen molar-refractivity contribution >= 4 is 35.1 Å². The maximum atomic E-state index is 12.4. The summed E-state index contributed by atoms with van der Waals surface area (Å²) in [4.78, 5) is 32.3. The Labute approximate surface area is 155 Å². The van der Waals surface area contributed by atoms with Gasteiger partial charge in [-0.05, 0) is 27.7 Å². The Morgan fingerprint density at radius 3 is 2.65 bits per heavy atom. The maximum Gasteiger partial charge on any atom is 0.343 e.